The third-order valence-corrected chi connectivity index (χ3v) is 5.19. The van der Waals surface area contributed by atoms with Gasteiger partial charge >= 0.3 is 5.63 Å². The Kier molecular flexibility index (Phi) is 4.77. The number of nitrogens with two attached hydrogens (primary N) is 1. The van der Waals surface area contributed by atoms with Crippen LogP contribution in [0.4, 0.5) is 0 Å². The lowest BCUT2D eigenvalue weighted by atomic mass is 9.89. The van der Waals surface area contributed by atoms with Gasteiger partial charge < -0.3 is 10.2 Å². The smallest absolute Gasteiger partial charge is 0.336 e. The fourth-order valence-electron chi connectivity index (χ4n) is 3.97. The molecular weight excluding hydrogens is 362 g/mol. The van der Waals surface area contributed by atoms with Crippen LogP contribution in [0.15, 0.2) is 75.9 Å². The van der Waals surface area contributed by atoms with Crippen molar-refractivity contribution >= 4 is 16.9 Å². The first kappa shape index (κ1) is 18.7. The summed E-state index contributed by atoms with van der Waals surface area (Å²) in [5.74, 6) is -0.349. The largest absolute Gasteiger partial charge is 0.423 e. The van der Waals surface area contributed by atoms with Gasteiger partial charge in [-0.15, -0.1) is 0 Å². The predicted octanol–water partition coefficient (Wildman–Crippen LogP) is 4.77. The van der Waals surface area contributed by atoms with Gasteiger partial charge in [0.2, 0.25) is 5.91 Å². The van der Waals surface area contributed by atoms with Gasteiger partial charge in [-0.25, -0.2) is 4.79 Å². The van der Waals surface area contributed by atoms with Crippen molar-refractivity contribution in [3.8, 4) is 22.3 Å². The maximum absolute atomic E-state index is 12.2. The zero-order chi connectivity index (χ0) is 20.5. The van der Waals surface area contributed by atoms with E-state index in [1.807, 2.05) is 67.6 Å². The number of amides is 1. The van der Waals surface area contributed by atoms with Crippen molar-refractivity contribution in [3.63, 3.8) is 0 Å². The Hall–Kier alpha value is -3.66. The van der Waals surface area contributed by atoms with Crippen LogP contribution >= 0.6 is 0 Å². The minimum absolute atomic E-state index is 0.222. The molecule has 0 unspecified atom stereocenters. The van der Waals surface area contributed by atoms with Crippen molar-refractivity contribution in [3.05, 3.63) is 93.8 Å². The molecule has 2 N–H and O–H groups in total. The van der Waals surface area contributed by atoms with Crippen LogP contribution in [0.1, 0.15) is 16.7 Å². The molecule has 4 nitrogen and oxygen atoms in total. The molecule has 4 aromatic rings. The summed E-state index contributed by atoms with van der Waals surface area (Å²) < 4.78 is 5.53. The highest BCUT2D eigenvalue weighted by Crippen LogP contribution is 2.37. The minimum atomic E-state index is -0.362. The zero-order valence-corrected chi connectivity index (χ0v) is 16.4. The van der Waals surface area contributed by atoms with Crippen molar-refractivity contribution in [1.29, 1.82) is 0 Å². The van der Waals surface area contributed by atoms with Crippen molar-refractivity contribution in [2.24, 2.45) is 5.73 Å². The molecule has 4 heteroatoms. The van der Waals surface area contributed by atoms with E-state index in [2.05, 4.69) is 6.92 Å². The van der Waals surface area contributed by atoms with E-state index in [1.165, 1.54) is 0 Å². The molecule has 1 aromatic heterocycles. The van der Waals surface area contributed by atoms with Gasteiger partial charge in [0.25, 0.3) is 0 Å². The van der Waals surface area contributed by atoms with Crippen LogP contribution in [-0.4, -0.2) is 5.91 Å². The molecular formula is C25H21NO3. The standard InChI is InChI=1S/C25H21NO3/c1-15-12-21-25(20(14-23(28)29-21)18-6-4-3-5-7-18)16(2)24(15)19-10-8-17(9-11-19)13-22(26)27/h3-12,14H,13H2,1-2H3,(H2,26,27). The predicted molar refractivity (Wildman–Crippen MR) is 116 cm³/mol. The number of aryl methyl sites for hydroxylation is 2. The van der Waals surface area contributed by atoms with Gasteiger partial charge in [0.05, 0.1) is 6.42 Å². The first-order valence-corrected chi connectivity index (χ1v) is 9.45. The van der Waals surface area contributed by atoms with Crippen molar-refractivity contribution in [1.82, 2.24) is 0 Å². The molecule has 0 radical (unpaired) electrons. The number of primary amides is 1. The van der Waals surface area contributed by atoms with Gasteiger partial charge in [0.15, 0.2) is 0 Å². The molecule has 29 heavy (non-hydrogen) atoms. The molecule has 0 atom stereocenters. The molecule has 0 aliphatic rings. The van der Waals surface area contributed by atoms with Gasteiger partial charge in [-0.05, 0) is 53.3 Å². The van der Waals surface area contributed by atoms with E-state index >= 15 is 0 Å². The second-order valence-electron chi connectivity index (χ2n) is 7.25. The third kappa shape index (κ3) is 3.57. The summed E-state index contributed by atoms with van der Waals surface area (Å²) in [7, 11) is 0. The highest BCUT2D eigenvalue weighted by Gasteiger charge is 2.16. The first-order chi connectivity index (χ1) is 13.9. The summed E-state index contributed by atoms with van der Waals surface area (Å²) >= 11 is 0. The van der Waals surface area contributed by atoms with Crippen LogP contribution in [0.2, 0.25) is 0 Å². The van der Waals surface area contributed by atoms with Crippen molar-refractivity contribution in [2.75, 3.05) is 0 Å². The number of hydrogen-bond donors (Lipinski definition) is 1. The molecule has 1 amide bonds. The molecule has 0 spiro atoms. The molecule has 3 aromatic carbocycles. The molecule has 0 saturated carbocycles. The fourth-order valence-corrected chi connectivity index (χ4v) is 3.97. The van der Waals surface area contributed by atoms with Crippen molar-refractivity contribution in [2.45, 2.75) is 20.3 Å². The van der Waals surface area contributed by atoms with Crippen LogP contribution in [0.5, 0.6) is 0 Å². The van der Waals surface area contributed by atoms with E-state index in [-0.39, 0.29) is 18.0 Å². The Bertz CT molecular complexity index is 1270. The number of carbonyl (C=O) groups excluding carboxylic acids is 1. The normalized spacial score (nSPS) is 11.0. The second kappa shape index (κ2) is 7.40. The maximum Gasteiger partial charge on any atom is 0.336 e. The molecule has 0 aliphatic carbocycles. The van der Waals surface area contributed by atoms with Crippen LogP contribution in [0.3, 0.4) is 0 Å². The number of fused-ring (bicyclic) bond motifs is 1. The fraction of sp³-hybridized carbons (Fsp3) is 0.120. The summed E-state index contributed by atoms with van der Waals surface area (Å²) in [6.45, 7) is 4.06. The van der Waals surface area contributed by atoms with Gasteiger partial charge in [-0.3, -0.25) is 4.79 Å². The average molecular weight is 383 g/mol. The van der Waals surface area contributed by atoms with Crippen LogP contribution in [-0.2, 0) is 11.2 Å². The highest BCUT2D eigenvalue weighted by molar-refractivity contribution is 6.00. The van der Waals surface area contributed by atoms with Crippen LogP contribution in [0.25, 0.3) is 33.2 Å². The Morgan fingerprint density at radius 2 is 1.62 bits per heavy atom. The highest BCUT2D eigenvalue weighted by atomic mass is 16.4. The monoisotopic (exact) mass is 383 g/mol. The number of benzene rings is 3. The molecule has 0 aliphatic heterocycles. The molecule has 1 heterocycles. The number of rotatable bonds is 4. The van der Waals surface area contributed by atoms with Gasteiger partial charge in [0, 0.05) is 17.0 Å². The molecule has 0 fully saturated rings. The molecule has 0 saturated heterocycles. The lowest BCUT2D eigenvalue weighted by molar-refractivity contribution is -0.117. The molecule has 0 bridgehead atoms. The minimum Gasteiger partial charge on any atom is -0.423 e. The van der Waals surface area contributed by atoms with Crippen LogP contribution in [0, 0.1) is 13.8 Å². The molecule has 4 rings (SSSR count). The summed E-state index contributed by atoms with van der Waals surface area (Å²) in [6.07, 6.45) is 0.222. The SMILES string of the molecule is Cc1cc2oc(=O)cc(-c3ccccc3)c2c(C)c1-c1ccc(CC(N)=O)cc1. The summed E-state index contributed by atoms with van der Waals surface area (Å²) in [4.78, 5) is 23.3. The average Bonchev–Trinajstić information content (AvgIpc) is 2.68. The summed E-state index contributed by atoms with van der Waals surface area (Å²) in [5.41, 5.74) is 12.4. The van der Waals surface area contributed by atoms with Gasteiger partial charge in [0.1, 0.15) is 5.58 Å². The van der Waals surface area contributed by atoms with E-state index in [0.29, 0.717) is 5.58 Å². The lowest BCUT2D eigenvalue weighted by Gasteiger charge is -2.16. The Labute approximate surface area is 168 Å². The van der Waals surface area contributed by atoms with E-state index < -0.39 is 0 Å². The van der Waals surface area contributed by atoms with Crippen LogP contribution < -0.4 is 11.4 Å². The van der Waals surface area contributed by atoms with E-state index in [4.69, 9.17) is 10.2 Å². The number of hydrogen-bond acceptors (Lipinski definition) is 3. The van der Waals surface area contributed by atoms with E-state index in [1.54, 1.807) is 6.07 Å². The van der Waals surface area contributed by atoms with E-state index in [0.717, 1.165) is 44.3 Å². The zero-order valence-electron chi connectivity index (χ0n) is 16.4. The lowest BCUT2D eigenvalue weighted by Crippen LogP contribution is -2.13. The van der Waals surface area contributed by atoms with Gasteiger partial charge in [-0.1, -0.05) is 54.6 Å². The van der Waals surface area contributed by atoms with Crippen molar-refractivity contribution < 1.29 is 9.21 Å². The third-order valence-electron chi connectivity index (χ3n) is 5.19. The quantitative estimate of drug-likeness (QED) is 0.516. The second-order valence-corrected chi connectivity index (χ2v) is 7.25. The Balaban J connectivity index is 1.96. The summed E-state index contributed by atoms with van der Waals surface area (Å²) in [6, 6.07) is 21.2. The van der Waals surface area contributed by atoms with E-state index in [9.17, 15) is 9.59 Å². The first-order valence-electron chi connectivity index (χ1n) is 9.45. The summed E-state index contributed by atoms with van der Waals surface area (Å²) in [5, 5.41) is 0.928. The Morgan fingerprint density at radius 3 is 2.28 bits per heavy atom. The number of carbonyl (C=O) groups is 1. The molecule has 144 valence electrons. The Morgan fingerprint density at radius 1 is 0.931 bits per heavy atom. The topological polar surface area (TPSA) is 73.3 Å². The van der Waals surface area contributed by atoms with Gasteiger partial charge in [-0.2, -0.15) is 0 Å². The maximum atomic E-state index is 12.2.